The normalized spacial score (nSPS) is 17.1. The monoisotopic (exact) mass is 260 g/mol. The van der Waals surface area contributed by atoms with Crippen LogP contribution in [0, 0.1) is 5.82 Å². The van der Waals surface area contributed by atoms with E-state index in [2.05, 4.69) is 0 Å². The van der Waals surface area contributed by atoms with Gasteiger partial charge in [-0.3, -0.25) is 4.79 Å². The number of halogens is 4. The Morgan fingerprint density at radius 1 is 1.17 bits per heavy atom. The molecule has 0 heterocycles. The SMILES string of the molecule is O=C(c1cc(C2CCCC2)ccc1F)C(F)(F)F. The fourth-order valence-electron chi connectivity index (χ4n) is 2.38. The van der Waals surface area contributed by atoms with Crippen LogP contribution in [0.1, 0.15) is 47.5 Å². The summed E-state index contributed by atoms with van der Waals surface area (Å²) in [7, 11) is 0. The van der Waals surface area contributed by atoms with Crippen LogP contribution in [0.2, 0.25) is 0 Å². The van der Waals surface area contributed by atoms with E-state index in [0.717, 1.165) is 37.8 Å². The van der Waals surface area contributed by atoms with Gasteiger partial charge in [0.2, 0.25) is 0 Å². The molecule has 1 aromatic rings. The van der Waals surface area contributed by atoms with Crippen molar-refractivity contribution in [3.63, 3.8) is 0 Å². The minimum atomic E-state index is -5.03. The molecular formula is C13H12F4O. The summed E-state index contributed by atoms with van der Waals surface area (Å²) in [5, 5.41) is 0. The van der Waals surface area contributed by atoms with Crippen LogP contribution in [0.3, 0.4) is 0 Å². The maximum absolute atomic E-state index is 13.3. The maximum atomic E-state index is 13.3. The number of carbonyl (C=O) groups is 1. The zero-order valence-electron chi connectivity index (χ0n) is 9.56. The van der Waals surface area contributed by atoms with Crippen molar-refractivity contribution in [2.75, 3.05) is 0 Å². The van der Waals surface area contributed by atoms with Crippen LogP contribution in [0.15, 0.2) is 18.2 Å². The fourth-order valence-corrected chi connectivity index (χ4v) is 2.38. The van der Waals surface area contributed by atoms with Crippen molar-refractivity contribution in [3.8, 4) is 0 Å². The van der Waals surface area contributed by atoms with Crippen LogP contribution in [-0.4, -0.2) is 12.0 Å². The van der Waals surface area contributed by atoms with Gasteiger partial charge in [0.25, 0.3) is 5.78 Å². The van der Waals surface area contributed by atoms with Gasteiger partial charge in [-0.1, -0.05) is 18.9 Å². The third-order valence-electron chi connectivity index (χ3n) is 3.32. The first kappa shape index (κ1) is 13.1. The second-order valence-electron chi connectivity index (χ2n) is 4.55. The Morgan fingerprint density at radius 3 is 2.33 bits per heavy atom. The second kappa shape index (κ2) is 4.71. The molecule has 1 fully saturated rings. The predicted molar refractivity (Wildman–Crippen MR) is 58.0 cm³/mol. The van der Waals surface area contributed by atoms with E-state index in [4.69, 9.17) is 0 Å². The molecule has 1 aliphatic rings. The van der Waals surface area contributed by atoms with E-state index in [1.54, 1.807) is 0 Å². The first-order chi connectivity index (χ1) is 8.39. The van der Waals surface area contributed by atoms with Crippen LogP contribution in [0.25, 0.3) is 0 Å². The van der Waals surface area contributed by atoms with Crippen molar-refractivity contribution < 1.29 is 22.4 Å². The zero-order chi connectivity index (χ0) is 13.3. The summed E-state index contributed by atoms with van der Waals surface area (Å²) in [6.45, 7) is 0. The van der Waals surface area contributed by atoms with Crippen molar-refractivity contribution in [2.45, 2.75) is 37.8 Å². The van der Waals surface area contributed by atoms with Crippen molar-refractivity contribution >= 4 is 5.78 Å². The van der Waals surface area contributed by atoms with Gasteiger partial charge < -0.3 is 0 Å². The number of ketones is 1. The van der Waals surface area contributed by atoms with Gasteiger partial charge in [-0.15, -0.1) is 0 Å². The number of benzene rings is 1. The quantitative estimate of drug-likeness (QED) is 0.574. The number of rotatable bonds is 2. The van der Waals surface area contributed by atoms with Crippen LogP contribution in [0.5, 0.6) is 0 Å². The molecule has 1 nitrogen and oxygen atoms in total. The molecule has 18 heavy (non-hydrogen) atoms. The molecule has 0 unspecified atom stereocenters. The second-order valence-corrected chi connectivity index (χ2v) is 4.55. The fraction of sp³-hybridized carbons (Fsp3) is 0.462. The highest BCUT2D eigenvalue weighted by Gasteiger charge is 2.41. The highest BCUT2D eigenvalue weighted by Crippen LogP contribution is 2.35. The molecule has 0 atom stereocenters. The largest absolute Gasteiger partial charge is 0.454 e. The van der Waals surface area contributed by atoms with E-state index in [-0.39, 0.29) is 5.92 Å². The minimum Gasteiger partial charge on any atom is -0.284 e. The lowest BCUT2D eigenvalue weighted by Crippen LogP contribution is -2.24. The average molecular weight is 260 g/mol. The average Bonchev–Trinajstić information content (AvgIpc) is 2.81. The molecule has 0 N–H and O–H groups in total. The molecule has 0 radical (unpaired) electrons. The predicted octanol–water partition coefficient (Wildman–Crippen LogP) is 4.23. The molecule has 0 saturated heterocycles. The lowest BCUT2D eigenvalue weighted by Gasteiger charge is -2.12. The first-order valence-corrected chi connectivity index (χ1v) is 5.80. The van der Waals surface area contributed by atoms with Crippen LogP contribution in [-0.2, 0) is 0 Å². The Labute approximate surface area is 102 Å². The molecular weight excluding hydrogens is 248 g/mol. The van der Waals surface area contributed by atoms with Gasteiger partial charge in [0, 0.05) is 0 Å². The third kappa shape index (κ3) is 2.54. The molecule has 1 saturated carbocycles. The van der Waals surface area contributed by atoms with E-state index < -0.39 is 23.3 Å². The Balaban J connectivity index is 2.35. The van der Waals surface area contributed by atoms with Crippen LogP contribution < -0.4 is 0 Å². The summed E-state index contributed by atoms with van der Waals surface area (Å²) in [6.07, 6.45) is -1.24. The number of Topliss-reactive ketones (excluding diaryl/α,β-unsaturated/α-hetero) is 1. The van der Waals surface area contributed by atoms with E-state index in [1.807, 2.05) is 0 Å². The minimum absolute atomic E-state index is 0.144. The summed E-state index contributed by atoms with van der Waals surface area (Å²) in [4.78, 5) is 11.1. The highest BCUT2D eigenvalue weighted by atomic mass is 19.4. The van der Waals surface area contributed by atoms with Gasteiger partial charge in [-0.2, -0.15) is 13.2 Å². The van der Waals surface area contributed by atoms with Gasteiger partial charge in [0.05, 0.1) is 5.56 Å². The molecule has 0 spiro atoms. The molecule has 0 bridgehead atoms. The molecule has 0 amide bonds. The lowest BCUT2D eigenvalue weighted by atomic mass is 9.94. The van der Waals surface area contributed by atoms with Gasteiger partial charge in [-0.05, 0) is 36.5 Å². The summed E-state index contributed by atoms with van der Waals surface area (Å²) in [6, 6.07) is 3.48. The lowest BCUT2D eigenvalue weighted by molar-refractivity contribution is -0.0887. The van der Waals surface area contributed by atoms with Gasteiger partial charge in [0.1, 0.15) is 5.82 Å². The van der Waals surface area contributed by atoms with Crippen molar-refractivity contribution in [3.05, 3.63) is 35.1 Å². The number of carbonyl (C=O) groups excluding carboxylic acids is 1. The van der Waals surface area contributed by atoms with Gasteiger partial charge >= 0.3 is 6.18 Å². The molecule has 98 valence electrons. The Bertz CT molecular complexity index is 459. The molecule has 5 heteroatoms. The van der Waals surface area contributed by atoms with Crippen LogP contribution in [0.4, 0.5) is 17.6 Å². The van der Waals surface area contributed by atoms with Crippen LogP contribution >= 0.6 is 0 Å². The highest BCUT2D eigenvalue weighted by molar-refractivity contribution is 6.00. The summed E-state index contributed by atoms with van der Waals surface area (Å²) in [5.41, 5.74) is -0.242. The Morgan fingerprint density at radius 2 is 1.78 bits per heavy atom. The van der Waals surface area contributed by atoms with Gasteiger partial charge in [0.15, 0.2) is 0 Å². The number of hydrogen-bond donors (Lipinski definition) is 0. The molecule has 1 aliphatic carbocycles. The molecule has 1 aromatic carbocycles. The zero-order valence-corrected chi connectivity index (χ0v) is 9.56. The maximum Gasteiger partial charge on any atom is 0.454 e. The number of hydrogen-bond acceptors (Lipinski definition) is 1. The van der Waals surface area contributed by atoms with E-state index in [0.29, 0.717) is 5.56 Å². The molecule has 2 rings (SSSR count). The Hall–Kier alpha value is -1.39. The number of alkyl halides is 3. The van der Waals surface area contributed by atoms with Crippen molar-refractivity contribution in [1.82, 2.24) is 0 Å². The summed E-state index contributed by atoms with van der Waals surface area (Å²) in [5.74, 6) is -3.08. The van der Waals surface area contributed by atoms with E-state index in [1.165, 1.54) is 6.07 Å². The first-order valence-electron chi connectivity index (χ1n) is 5.80. The van der Waals surface area contributed by atoms with Gasteiger partial charge in [-0.25, -0.2) is 4.39 Å². The van der Waals surface area contributed by atoms with E-state index in [9.17, 15) is 22.4 Å². The molecule has 0 aliphatic heterocycles. The van der Waals surface area contributed by atoms with Crippen molar-refractivity contribution in [1.29, 1.82) is 0 Å². The third-order valence-corrected chi connectivity index (χ3v) is 3.32. The summed E-state index contributed by atoms with van der Waals surface area (Å²) < 4.78 is 50.2. The smallest absolute Gasteiger partial charge is 0.284 e. The van der Waals surface area contributed by atoms with Crippen molar-refractivity contribution in [2.24, 2.45) is 0 Å². The summed E-state index contributed by atoms with van der Waals surface area (Å²) >= 11 is 0. The topological polar surface area (TPSA) is 17.1 Å². The van der Waals surface area contributed by atoms with E-state index >= 15 is 0 Å². The Kier molecular flexibility index (Phi) is 3.41. The standard InChI is InChI=1S/C13H12F4O/c14-11-6-5-9(8-3-1-2-4-8)7-10(11)12(18)13(15,16)17/h5-8H,1-4H2. The molecule has 0 aromatic heterocycles.